The Hall–Kier alpha value is -1.08. The lowest BCUT2D eigenvalue weighted by atomic mass is 10.2. The fourth-order valence-electron chi connectivity index (χ4n) is 2.91. The topological polar surface area (TPSA) is 61.0 Å². The lowest BCUT2D eigenvalue weighted by Crippen LogP contribution is -2.42. The van der Waals surface area contributed by atoms with Crippen LogP contribution in [0.3, 0.4) is 0 Å². The third-order valence-corrected chi connectivity index (χ3v) is 4.80. The van der Waals surface area contributed by atoms with E-state index in [1.165, 1.54) is 0 Å². The number of hydrogen-bond donors (Lipinski definition) is 2. The van der Waals surface area contributed by atoms with Gasteiger partial charge in [0.05, 0.1) is 10.7 Å². The molecular weight excluding hydrogens is 367 g/mol. The first-order valence-corrected chi connectivity index (χ1v) is 8.69. The average molecular weight is 391 g/mol. The van der Waals surface area contributed by atoms with Gasteiger partial charge in [0.2, 0.25) is 0 Å². The Morgan fingerprint density at radius 1 is 1.46 bits per heavy atom. The second-order valence-electron chi connectivity index (χ2n) is 5.70. The number of carbonyl (C=O) groups is 1. The summed E-state index contributed by atoms with van der Waals surface area (Å²) in [5.74, 6) is 0.0914. The highest BCUT2D eigenvalue weighted by Gasteiger charge is 2.27. The summed E-state index contributed by atoms with van der Waals surface area (Å²) in [6.45, 7) is 6.79. The van der Waals surface area contributed by atoms with Crippen molar-refractivity contribution in [3.8, 4) is 11.3 Å². The summed E-state index contributed by atoms with van der Waals surface area (Å²) < 4.78 is 0. The van der Waals surface area contributed by atoms with E-state index >= 15 is 0 Å². The Bertz CT molecular complexity index is 652. The first-order chi connectivity index (χ1) is 10.7. The first kappa shape index (κ1) is 21.0. The molecule has 0 radical (unpaired) electrons. The molecule has 2 aromatic rings. The number of halogens is 2. The minimum absolute atomic E-state index is 0. The van der Waals surface area contributed by atoms with Crippen molar-refractivity contribution in [2.24, 2.45) is 0 Å². The molecule has 2 aromatic heterocycles. The number of aromatic nitrogens is 2. The molecule has 1 atom stereocenters. The van der Waals surface area contributed by atoms with Gasteiger partial charge in [-0.1, -0.05) is 6.92 Å². The van der Waals surface area contributed by atoms with E-state index in [0.29, 0.717) is 11.7 Å². The van der Waals surface area contributed by atoms with Crippen LogP contribution in [0.2, 0.25) is 0 Å². The van der Waals surface area contributed by atoms with E-state index in [0.717, 1.165) is 48.7 Å². The summed E-state index contributed by atoms with van der Waals surface area (Å²) in [6, 6.07) is 2.22. The van der Waals surface area contributed by atoms with Crippen molar-refractivity contribution < 1.29 is 4.79 Å². The maximum Gasteiger partial charge on any atom is 0.270 e. The predicted octanol–water partition coefficient (Wildman–Crippen LogP) is 3.50. The van der Waals surface area contributed by atoms with E-state index in [2.05, 4.69) is 22.2 Å². The van der Waals surface area contributed by atoms with Gasteiger partial charge in [0.25, 0.3) is 5.91 Å². The maximum atomic E-state index is 12.8. The van der Waals surface area contributed by atoms with Crippen LogP contribution in [0.5, 0.6) is 0 Å². The van der Waals surface area contributed by atoms with Gasteiger partial charge in [-0.3, -0.25) is 4.79 Å². The Labute approximate surface area is 159 Å². The van der Waals surface area contributed by atoms with Crippen molar-refractivity contribution in [1.29, 1.82) is 0 Å². The minimum Gasteiger partial charge on any atom is -0.357 e. The highest BCUT2D eigenvalue weighted by Crippen LogP contribution is 2.23. The molecule has 1 unspecified atom stereocenters. The summed E-state index contributed by atoms with van der Waals surface area (Å²) >= 11 is 1.62. The molecule has 134 valence electrons. The average Bonchev–Trinajstić information content (AvgIpc) is 3.24. The molecule has 1 saturated heterocycles. The van der Waals surface area contributed by atoms with Gasteiger partial charge in [0.15, 0.2) is 0 Å². The van der Waals surface area contributed by atoms with Gasteiger partial charge in [-0.2, -0.15) is 0 Å². The third kappa shape index (κ3) is 4.51. The normalized spacial score (nSPS) is 16.3. The van der Waals surface area contributed by atoms with Gasteiger partial charge >= 0.3 is 0 Å². The first-order valence-electron chi connectivity index (χ1n) is 7.81. The molecule has 0 bridgehead atoms. The SMILES string of the molecule is CCCN(C(=O)c1cc(-c2csc(C)n2)c[nH]1)C1CCNC1.Cl.Cl. The number of rotatable bonds is 5. The van der Waals surface area contributed by atoms with Crippen LogP contribution in [-0.2, 0) is 0 Å². The van der Waals surface area contributed by atoms with E-state index < -0.39 is 0 Å². The minimum atomic E-state index is 0. The number of nitrogens with one attached hydrogen (secondary N) is 2. The number of aromatic amines is 1. The molecule has 0 saturated carbocycles. The zero-order valence-corrected chi connectivity index (χ0v) is 16.3. The van der Waals surface area contributed by atoms with Gasteiger partial charge in [0, 0.05) is 36.3 Å². The number of H-pyrrole nitrogens is 1. The molecule has 24 heavy (non-hydrogen) atoms. The highest BCUT2D eigenvalue weighted by molar-refractivity contribution is 7.09. The van der Waals surface area contributed by atoms with Crippen LogP contribution >= 0.6 is 36.2 Å². The monoisotopic (exact) mass is 390 g/mol. The van der Waals surface area contributed by atoms with Crippen molar-refractivity contribution in [3.63, 3.8) is 0 Å². The zero-order chi connectivity index (χ0) is 15.5. The molecule has 8 heteroatoms. The van der Waals surface area contributed by atoms with Crippen LogP contribution in [-0.4, -0.2) is 46.5 Å². The van der Waals surface area contributed by atoms with Gasteiger partial charge < -0.3 is 15.2 Å². The number of carbonyl (C=O) groups excluding carboxylic acids is 1. The van der Waals surface area contributed by atoms with Crippen molar-refractivity contribution in [3.05, 3.63) is 28.3 Å². The molecular formula is C16H24Cl2N4OS. The molecule has 1 amide bonds. The molecule has 2 N–H and O–H groups in total. The standard InChI is InChI=1S/C16H22N4OS.2ClH/c1-3-6-20(13-4-5-17-9-13)16(21)14-7-12(8-18-14)15-10-22-11(2)19-15;;/h7-8,10,13,17-18H,3-6,9H2,1-2H3;2*1H. The summed E-state index contributed by atoms with van der Waals surface area (Å²) in [6.07, 6.45) is 3.88. The fourth-order valence-corrected chi connectivity index (χ4v) is 3.53. The van der Waals surface area contributed by atoms with Gasteiger partial charge in [-0.25, -0.2) is 4.98 Å². The Kier molecular flexibility index (Phi) is 8.22. The fraction of sp³-hybridized carbons (Fsp3) is 0.500. The van der Waals surface area contributed by atoms with E-state index in [4.69, 9.17) is 0 Å². The van der Waals surface area contributed by atoms with Crippen LogP contribution in [0, 0.1) is 6.92 Å². The van der Waals surface area contributed by atoms with E-state index in [1.54, 1.807) is 11.3 Å². The lowest BCUT2D eigenvalue weighted by Gasteiger charge is -2.27. The summed E-state index contributed by atoms with van der Waals surface area (Å²) in [4.78, 5) is 22.4. The van der Waals surface area contributed by atoms with Crippen molar-refractivity contribution >= 4 is 42.1 Å². The van der Waals surface area contributed by atoms with Gasteiger partial charge in [-0.15, -0.1) is 36.2 Å². The molecule has 0 aliphatic carbocycles. The van der Waals surface area contributed by atoms with Gasteiger partial charge in [-0.05, 0) is 32.4 Å². The van der Waals surface area contributed by atoms with Crippen LogP contribution in [0.4, 0.5) is 0 Å². The molecule has 1 fully saturated rings. The van der Waals surface area contributed by atoms with Crippen LogP contribution < -0.4 is 5.32 Å². The number of aryl methyl sites for hydroxylation is 1. The Balaban J connectivity index is 0.00000144. The second kappa shape index (κ2) is 9.42. The smallest absolute Gasteiger partial charge is 0.270 e. The Morgan fingerprint density at radius 3 is 2.83 bits per heavy atom. The quantitative estimate of drug-likeness (QED) is 0.820. The molecule has 0 aromatic carbocycles. The summed E-state index contributed by atoms with van der Waals surface area (Å²) in [7, 11) is 0. The molecule has 3 heterocycles. The predicted molar refractivity (Wildman–Crippen MR) is 104 cm³/mol. The third-order valence-electron chi connectivity index (χ3n) is 4.03. The molecule has 1 aliphatic rings. The van der Waals surface area contributed by atoms with E-state index in [1.807, 2.05) is 29.5 Å². The van der Waals surface area contributed by atoms with Crippen LogP contribution in [0.25, 0.3) is 11.3 Å². The zero-order valence-electron chi connectivity index (χ0n) is 13.9. The Morgan fingerprint density at radius 2 is 2.25 bits per heavy atom. The van der Waals surface area contributed by atoms with E-state index in [-0.39, 0.29) is 30.7 Å². The number of amides is 1. The lowest BCUT2D eigenvalue weighted by molar-refractivity contribution is 0.0687. The molecule has 3 rings (SSSR count). The highest BCUT2D eigenvalue weighted by atomic mass is 35.5. The van der Waals surface area contributed by atoms with Crippen molar-refractivity contribution in [2.75, 3.05) is 19.6 Å². The summed E-state index contributed by atoms with van der Waals surface area (Å²) in [5.41, 5.74) is 2.57. The van der Waals surface area contributed by atoms with Crippen LogP contribution in [0.15, 0.2) is 17.6 Å². The number of thiazole rings is 1. The maximum absolute atomic E-state index is 12.8. The van der Waals surface area contributed by atoms with Crippen molar-refractivity contribution in [1.82, 2.24) is 20.2 Å². The largest absolute Gasteiger partial charge is 0.357 e. The molecule has 5 nitrogen and oxygen atoms in total. The molecule has 1 aliphatic heterocycles. The molecule has 0 spiro atoms. The number of nitrogens with zero attached hydrogens (tertiary/aromatic N) is 2. The second-order valence-corrected chi connectivity index (χ2v) is 6.76. The van der Waals surface area contributed by atoms with Crippen LogP contribution in [0.1, 0.15) is 35.3 Å². The van der Waals surface area contributed by atoms with E-state index in [9.17, 15) is 4.79 Å². The van der Waals surface area contributed by atoms with Gasteiger partial charge in [0.1, 0.15) is 5.69 Å². The number of hydrogen-bond acceptors (Lipinski definition) is 4. The summed E-state index contributed by atoms with van der Waals surface area (Å²) in [5, 5.41) is 6.40. The van der Waals surface area contributed by atoms with Crippen molar-refractivity contribution in [2.45, 2.75) is 32.7 Å².